The van der Waals surface area contributed by atoms with Gasteiger partial charge in [-0.25, -0.2) is 4.98 Å². The molecule has 4 nitrogen and oxygen atoms in total. The molecule has 124 valence electrons. The highest BCUT2D eigenvalue weighted by Gasteiger charge is 2.15. The molecule has 2 rings (SSSR count). The van der Waals surface area contributed by atoms with Gasteiger partial charge in [0.1, 0.15) is 11.1 Å². The van der Waals surface area contributed by atoms with Crippen LogP contribution in [0.1, 0.15) is 35.3 Å². The minimum Gasteiger partial charge on any atom is -0.349 e. The smallest absolute Gasteiger partial charge is 0.230 e. The Kier molecular flexibility index (Phi) is 6.24. The van der Waals surface area contributed by atoms with Crippen LogP contribution in [0.3, 0.4) is 0 Å². The Morgan fingerprint density at radius 3 is 2.79 bits per heavy atom. The Balaban J connectivity index is 2.02. The fourth-order valence-corrected chi connectivity index (χ4v) is 3.57. The zero-order chi connectivity index (χ0) is 17.7. The lowest BCUT2D eigenvalue weighted by Gasteiger charge is -2.15. The molecule has 1 amide bonds. The van der Waals surface area contributed by atoms with Crippen molar-refractivity contribution < 1.29 is 4.79 Å². The van der Waals surface area contributed by atoms with E-state index in [0.717, 1.165) is 16.8 Å². The van der Waals surface area contributed by atoms with Crippen LogP contribution in [0.4, 0.5) is 0 Å². The number of hydrogen-bond acceptors (Lipinski definition) is 4. The van der Waals surface area contributed by atoms with Crippen molar-refractivity contribution in [2.45, 2.75) is 31.8 Å². The van der Waals surface area contributed by atoms with Gasteiger partial charge in [0.15, 0.2) is 0 Å². The summed E-state index contributed by atoms with van der Waals surface area (Å²) >= 11 is 7.42. The van der Waals surface area contributed by atoms with E-state index in [-0.39, 0.29) is 17.7 Å². The van der Waals surface area contributed by atoms with Crippen molar-refractivity contribution in [1.82, 2.24) is 10.3 Å². The summed E-state index contributed by atoms with van der Waals surface area (Å²) in [6.07, 6.45) is 0. The first kappa shape index (κ1) is 18.3. The Morgan fingerprint density at radius 1 is 1.42 bits per heavy atom. The van der Waals surface area contributed by atoms with Gasteiger partial charge in [-0.2, -0.15) is 5.26 Å². The van der Waals surface area contributed by atoms with Crippen molar-refractivity contribution in [3.8, 4) is 6.07 Å². The third-order valence-corrected chi connectivity index (χ3v) is 4.83. The van der Waals surface area contributed by atoms with Gasteiger partial charge in [0.05, 0.1) is 17.4 Å². The van der Waals surface area contributed by atoms with E-state index >= 15 is 0 Å². The molecule has 0 aliphatic rings. The maximum Gasteiger partial charge on any atom is 0.230 e. The molecule has 6 heteroatoms. The molecule has 1 atom stereocenters. The van der Waals surface area contributed by atoms with E-state index in [1.54, 1.807) is 6.07 Å². The molecule has 1 unspecified atom stereocenters. The number of hydrogen-bond donors (Lipinski definition) is 1. The standard InChI is InChI=1S/C18H18ClN3OS/c1-11-8-12(2)21-18(15(11)9-20)24-10-17(23)22-13(3)14-6-4-5-7-16(14)19/h4-8,13H,10H2,1-3H3,(H,22,23). The van der Waals surface area contributed by atoms with E-state index in [4.69, 9.17) is 11.6 Å². The van der Waals surface area contributed by atoms with E-state index in [1.165, 1.54) is 11.8 Å². The van der Waals surface area contributed by atoms with Gasteiger partial charge < -0.3 is 5.32 Å². The van der Waals surface area contributed by atoms with Crippen molar-refractivity contribution in [3.63, 3.8) is 0 Å². The van der Waals surface area contributed by atoms with E-state index in [9.17, 15) is 10.1 Å². The molecule has 0 saturated carbocycles. The Labute approximate surface area is 151 Å². The molecule has 0 saturated heterocycles. The minimum absolute atomic E-state index is 0.128. The zero-order valence-corrected chi connectivity index (χ0v) is 15.3. The number of nitriles is 1. The highest BCUT2D eigenvalue weighted by atomic mass is 35.5. The maximum absolute atomic E-state index is 12.2. The predicted octanol–water partition coefficient (Wildman–Crippen LogP) is 4.19. The fourth-order valence-electron chi connectivity index (χ4n) is 2.36. The van der Waals surface area contributed by atoms with E-state index in [2.05, 4.69) is 16.4 Å². The van der Waals surface area contributed by atoms with Gasteiger partial charge in [0, 0.05) is 10.7 Å². The summed E-state index contributed by atoms with van der Waals surface area (Å²) in [6, 6.07) is 11.3. The first-order valence-corrected chi connectivity index (χ1v) is 8.83. The average molecular weight is 360 g/mol. The number of carbonyl (C=O) groups is 1. The molecule has 0 fully saturated rings. The lowest BCUT2D eigenvalue weighted by molar-refractivity contribution is -0.119. The number of nitrogens with one attached hydrogen (secondary N) is 1. The summed E-state index contributed by atoms with van der Waals surface area (Å²) in [5.74, 6) is 0.0663. The molecule has 0 aliphatic carbocycles. The summed E-state index contributed by atoms with van der Waals surface area (Å²) in [4.78, 5) is 16.6. The first-order valence-electron chi connectivity index (χ1n) is 7.47. The number of carbonyl (C=O) groups excluding carboxylic acids is 1. The topological polar surface area (TPSA) is 65.8 Å². The molecule has 0 aliphatic heterocycles. The molecule has 1 heterocycles. The molecule has 1 aromatic heterocycles. The molecule has 1 N–H and O–H groups in total. The molecule has 0 radical (unpaired) electrons. The normalized spacial score (nSPS) is 11.6. The summed E-state index contributed by atoms with van der Waals surface area (Å²) in [5, 5.41) is 13.4. The average Bonchev–Trinajstić information content (AvgIpc) is 2.52. The van der Waals surface area contributed by atoms with Gasteiger partial charge in [-0.1, -0.05) is 41.6 Å². The molecular formula is C18H18ClN3OS. The Bertz CT molecular complexity index is 801. The second kappa shape index (κ2) is 8.18. The third-order valence-electron chi connectivity index (χ3n) is 3.51. The number of thioether (sulfide) groups is 1. The van der Waals surface area contributed by atoms with Crippen molar-refractivity contribution in [2.24, 2.45) is 0 Å². The Morgan fingerprint density at radius 2 is 2.12 bits per heavy atom. The lowest BCUT2D eigenvalue weighted by Crippen LogP contribution is -2.28. The summed E-state index contributed by atoms with van der Waals surface area (Å²) in [5.41, 5.74) is 3.11. The number of halogens is 1. The molecule has 1 aromatic carbocycles. The zero-order valence-electron chi connectivity index (χ0n) is 13.8. The van der Waals surface area contributed by atoms with E-state index in [0.29, 0.717) is 15.6 Å². The van der Waals surface area contributed by atoms with Crippen LogP contribution in [0.5, 0.6) is 0 Å². The van der Waals surface area contributed by atoms with Gasteiger partial charge >= 0.3 is 0 Å². The fraction of sp³-hybridized carbons (Fsp3) is 0.278. The maximum atomic E-state index is 12.2. The highest BCUT2D eigenvalue weighted by molar-refractivity contribution is 8.00. The van der Waals surface area contributed by atoms with Crippen LogP contribution in [0, 0.1) is 25.2 Å². The van der Waals surface area contributed by atoms with Crippen molar-refractivity contribution in [1.29, 1.82) is 5.26 Å². The molecular weight excluding hydrogens is 342 g/mol. The van der Waals surface area contributed by atoms with Crippen molar-refractivity contribution in [3.05, 3.63) is 57.7 Å². The predicted molar refractivity (Wildman–Crippen MR) is 97.2 cm³/mol. The Hall–Kier alpha value is -2.03. The lowest BCUT2D eigenvalue weighted by atomic mass is 10.1. The molecule has 0 spiro atoms. The number of rotatable bonds is 5. The highest BCUT2D eigenvalue weighted by Crippen LogP contribution is 2.25. The largest absolute Gasteiger partial charge is 0.349 e. The van der Waals surface area contributed by atoms with E-state index < -0.39 is 0 Å². The molecule has 2 aromatic rings. The van der Waals surface area contributed by atoms with Gasteiger partial charge in [-0.15, -0.1) is 0 Å². The van der Waals surface area contributed by atoms with Crippen molar-refractivity contribution >= 4 is 29.3 Å². The third kappa shape index (κ3) is 4.50. The second-order valence-corrected chi connectivity index (χ2v) is 6.84. The quantitative estimate of drug-likeness (QED) is 0.813. The van der Waals surface area contributed by atoms with Crippen LogP contribution in [-0.4, -0.2) is 16.6 Å². The van der Waals surface area contributed by atoms with Crippen LogP contribution in [-0.2, 0) is 4.79 Å². The van der Waals surface area contributed by atoms with Crippen LogP contribution >= 0.6 is 23.4 Å². The molecule has 24 heavy (non-hydrogen) atoms. The van der Waals surface area contributed by atoms with Gasteiger partial charge in [0.2, 0.25) is 5.91 Å². The summed E-state index contributed by atoms with van der Waals surface area (Å²) in [6.45, 7) is 5.63. The number of amides is 1. The number of pyridine rings is 1. The van der Waals surface area contributed by atoms with Crippen LogP contribution < -0.4 is 5.32 Å². The van der Waals surface area contributed by atoms with Crippen molar-refractivity contribution in [2.75, 3.05) is 5.75 Å². The monoisotopic (exact) mass is 359 g/mol. The summed E-state index contributed by atoms with van der Waals surface area (Å²) < 4.78 is 0. The number of aromatic nitrogens is 1. The van der Waals surface area contributed by atoms with Gasteiger partial charge in [-0.05, 0) is 44.0 Å². The van der Waals surface area contributed by atoms with Gasteiger partial charge in [-0.3, -0.25) is 4.79 Å². The number of benzene rings is 1. The molecule has 0 bridgehead atoms. The number of aryl methyl sites for hydroxylation is 2. The first-order chi connectivity index (χ1) is 11.4. The minimum atomic E-state index is -0.186. The van der Waals surface area contributed by atoms with E-state index in [1.807, 2.05) is 45.0 Å². The number of nitrogens with zero attached hydrogens (tertiary/aromatic N) is 2. The van der Waals surface area contributed by atoms with Crippen LogP contribution in [0.15, 0.2) is 35.4 Å². The van der Waals surface area contributed by atoms with Gasteiger partial charge in [0.25, 0.3) is 0 Å². The SMILES string of the molecule is Cc1cc(C)c(C#N)c(SCC(=O)NC(C)c2ccccc2Cl)n1. The van der Waals surface area contributed by atoms with Crippen LogP contribution in [0.2, 0.25) is 5.02 Å². The summed E-state index contributed by atoms with van der Waals surface area (Å²) in [7, 11) is 0. The van der Waals surface area contributed by atoms with Crippen LogP contribution in [0.25, 0.3) is 0 Å². The second-order valence-electron chi connectivity index (χ2n) is 5.47.